The van der Waals surface area contributed by atoms with Crippen molar-refractivity contribution in [1.82, 2.24) is 20.2 Å². The summed E-state index contributed by atoms with van der Waals surface area (Å²) in [5, 5.41) is 10.2. The van der Waals surface area contributed by atoms with Crippen LogP contribution in [-0.4, -0.2) is 25.3 Å². The molecule has 0 saturated heterocycles. The quantitative estimate of drug-likeness (QED) is 0.554. The smallest absolute Gasteiger partial charge is 0.169 e. The van der Waals surface area contributed by atoms with E-state index in [1.807, 2.05) is 0 Å². The standard InChI is InChI=1S/C6H6N6S/c7-6(13)11-4-3-1-10-12-5(3)9-2-8-4/h1-2H,(H4,7,8,9,10,11,12,13). The summed E-state index contributed by atoms with van der Waals surface area (Å²) in [4.78, 5) is 7.93. The van der Waals surface area contributed by atoms with E-state index in [0.29, 0.717) is 11.5 Å². The third-order valence-corrected chi connectivity index (χ3v) is 1.59. The van der Waals surface area contributed by atoms with Gasteiger partial charge in [-0.05, 0) is 12.2 Å². The number of aromatic amines is 1. The van der Waals surface area contributed by atoms with E-state index in [0.717, 1.165) is 5.39 Å². The number of H-pyrrole nitrogens is 1. The van der Waals surface area contributed by atoms with Crippen LogP contribution in [0.5, 0.6) is 0 Å². The van der Waals surface area contributed by atoms with Crippen molar-refractivity contribution < 1.29 is 0 Å². The molecule has 0 aliphatic rings. The van der Waals surface area contributed by atoms with Crippen molar-refractivity contribution >= 4 is 34.2 Å². The summed E-state index contributed by atoms with van der Waals surface area (Å²) in [7, 11) is 0. The molecule has 0 amide bonds. The summed E-state index contributed by atoms with van der Waals surface area (Å²) in [6.45, 7) is 0. The Morgan fingerprint density at radius 1 is 1.54 bits per heavy atom. The average Bonchev–Trinajstić information content (AvgIpc) is 2.51. The van der Waals surface area contributed by atoms with Crippen LogP contribution in [0, 0.1) is 0 Å². The Morgan fingerprint density at radius 2 is 2.38 bits per heavy atom. The maximum absolute atomic E-state index is 5.31. The molecule has 0 aliphatic carbocycles. The van der Waals surface area contributed by atoms with Crippen molar-refractivity contribution in [2.75, 3.05) is 5.32 Å². The topological polar surface area (TPSA) is 92.5 Å². The minimum atomic E-state index is 0.168. The summed E-state index contributed by atoms with van der Waals surface area (Å²) >= 11 is 4.69. The molecule has 0 aromatic carbocycles. The fourth-order valence-corrected chi connectivity index (χ4v) is 1.08. The van der Waals surface area contributed by atoms with Crippen LogP contribution in [0.1, 0.15) is 0 Å². The van der Waals surface area contributed by atoms with Crippen molar-refractivity contribution in [2.24, 2.45) is 5.73 Å². The molecule has 0 spiro atoms. The van der Waals surface area contributed by atoms with Crippen LogP contribution in [0.25, 0.3) is 11.0 Å². The number of aromatic nitrogens is 4. The zero-order valence-corrected chi connectivity index (χ0v) is 7.30. The van der Waals surface area contributed by atoms with E-state index in [2.05, 4.69) is 25.5 Å². The van der Waals surface area contributed by atoms with Crippen molar-refractivity contribution in [2.45, 2.75) is 0 Å². The number of fused-ring (bicyclic) bond motifs is 1. The minimum absolute atomic E-state index is 0.168. The second kappa shape index (κ2) is 2.94. The maximum Gasteiger partial charge on any atom is 0.169 e. The minimum Gasteiger partial charge on any atom is -0.376 e. The molecule has 0 unspecified atom stereocenters. The second-order valence-electron chi connectivity index (χ2n) is 2.34. The molecule has 0 atom stereocenters. The number of rotatable bonds is 1. The van der Waals surface area contributed by atoms with Gasteiger partial charge in [-0.15, -0.1) is 0 Å². The molecule has 6 nitrogen and oxygen atoms in total. The molecule has 2 aromatic rings. The van der Waals surface area contributed by atoms with Gasteiger partial charge in [0.05, 0.1) is 11.6 Å². The summed E-state index contributed by atoms with van der Waals surface area (Å²) in [5.41, 5.74) is 5.96. The number of anilines is 1. The largest absolute Gasteiger partial charge is 0.376 e. The Morgan fingerprint density at radius 3 is 3.15 bits per heavy atom. The maximum atomic E-state index is 5.31. The molecule has 2 heterocycles. The molecule has 13 heavy (non-hydrogen) atoms. The van der Waals surface area contributed by atoms with Crippen LogP contribution in [0.3, 0.4) is 0 Å². The highest BCUT2D eigenvalue weighted by molar-refractivity contribution is 7.80. The van der Waals surface area contributed by atoms with Gasteiger partial charge < -0.3 is 11.1 Å². The third-order valence-electron chi connectivity index (χ3n) is 1.49. The van der Waals surface area contributed by atoms with Crippen LogP contribution in [0.2, 0.25) is 0 Å². The zero-order valence-electron chi connectivity index (χ0n) is 6.48. The molecule has 4 N–H and O–H groups in total. The van der Waals surface area contributed by atoms with Crippen LogP contribution < -0.4 is 11.1 Å². The first-order valence-corrected chi connectivity index (χ1v) is 3.89. The first-order valence-electron chi connectivity index (χ1n) is 3.48. The summed E-state index contributed by atoms with van der Waals surface area (Å²) in [5.74, 6) is 0.561. The molecular weight excluding hydrogens is 188 g/mol. The van der Waals surface area contributed by atoms with Gasteiger partial charge in [-0.25, -0.2) is 9.97 Å². The van der Waals surface area contributed by atoms with E-state index < -0.39 is 0 Å². The van der Waals surface area contributed by atoms with E-state index in [1.165, 1.54) is 6.33 Å². The Kier molecular flexibility index (Phi) is 1.78. The van der Waals surface area contributed by atoms with Crippen molar-refractivity contribution in [3.8, 4) is 0 Å². The van der Waals surface area contributed by atoms with Crippen molar-refractivity contribution in [3.63, 3.8) is 0 Å². The lowest BCUT2D eigenvalue weighted by Gasteiger charge is -2.01. The number of hydrogen-bond acceptors (Lipinski definition) is 4. The number of nitrogens with one attached hydrogen (secondary N) is 2. The Bertz CT molecular complexity index is 449. The molecule has 0 aliphatic heterocycles. The lowest BCUT2D eigenvalue weighted by Crippen LogP contribution is -2.19. The monoisotopic (exact) mass is 194 g/mol. The number of hydrogen-bond donors (Lipinski definition) is 3. The number of nitrogens with zero attached hydrogens (tertiary/aromatic N) is 3. The Labute approximate surface area is 78.6 Å². The van der Waals surface area contributed by atoms with Gasteiger partial charge in [-0.3, -0.25) is 5.10 Å². The zero-order chi connectivity index (χ0) is 9.26. The van der Waals surface area contributed by atoms with E-state index in [-0.39, 0.29) is 5.11 Å². The van der Waals surface area contributed by atoms with Crippen LogP contribution in [0.4, 0.5) is 5.82 Å². The van der Waals surface area contributed by atoms with E-state index in [1.54, 1.807) is 6.20 Å². The molecule has 2 aromatic heterocycles. The van der Waals surface area contributed by atoms with Gasteiger partial charge in [0.25, 0.3) is 0 Å². The molecule has 0 radical (unpaired) electrons. The highest BCUT2D eigenvalue weighted by atomic mass is 32.1. The van der Waals surface area contributed by atoms with Crippen molar-refractivity contribution in [1.29, 1.82) is 0 Å². The van der Waals surface area contributed by atoms with Gasteiger partial charge in [0.2, 0.25) is 0 Å². The SMILES string of the molecule is NC(=S)Nc1ncnc2[nH]ncc12. The first kappa shape index (κ1) is 7.87. The summed E-state index contributed by atoms with van der Waals surface area (Å²) in [6, 6.07) is 0. The van der Waals surface area contributed by atoms with Crippen LogP contribution in [0.15, 0.2) is 12.5 Å². The van der Waals surface area contributed by atoms with Gasteiger partial charge in [-0.2, -0.15) is 5.10 Å². The molecule has 66 valence electrons. The second-order valence-corrected chi connectivity index (χ2v) is 2.78. The van der Waals surface area contributed by atoms with Gasteiger partial charge >= 0.3 is 0 Å². The predicted octanol–water partition coefficient (Wildman–Crippen LogP) is 0.00840. The molecular formula is C6H6N6S. The summed E-state index contributed by atoms with van der Waals surface area (Å²) in [6.07, 6.45) is 3.01. The lowest BCUT2D eigenvalue weighted by molar-refractivity contribution is 1.09. The average molecular weight is 194 g/mol. The van der Waals surface area contributed by atoms with E-state index >= 15 is 0 Å². The molecule has 0 saturated carbocycles. The fraction of sp³-hybridized carbons (Fsp3) is 0. The Balaban J connectivity index is 2.54. The molecule has 7 heteroatoms. The van der Waals surface area contributed by atoms with Gasteiger partial charge in [0.1, 0.15) is 12.1 Å². The molecule has 2 rings (SSSR count). The van der Waals surface area contributed by atoms with Gasteiger partial charge in [-0.1, -0.05) is 0 Å². The lowest BCUT2D eigenvalue weighted by atomic mass is 10.4. The Hall–Kier alpha value is -1.76. The van der Waals surface area contributed by atoms with Gasteiger partial charge in [0, 0.05) is 0 Å². The van der Waals surface area contributed by atoms with E-state index in [4.69, 9.17) is 18.0 Å². The van der Waals surface area contributed by atoms with Crippen molar-refractivity contribution in [3.05, 3.63) is 12.5 Å². The highest BCUT2D eigenvalue weighted by Gasteiger charge is 2.04. The van der Waals surface area contributed by atoms with Gasteiger partial charge in [0.15, 0.2) is 10.8 Å². The normalized spacial score (nSPS) is 10.2. The fourth-order valence-electron chi connectivity index (χ4n) is 0.981. The van der Waals surface area contributed by atoms with Crippen LogP contribution >= 0.6 is 12.2 Å². The van der Waals surface area contributed by atoms with E-state index in [9.17, 15) is 0 Å². The predicted molar refractivity (Wildman–Crippen MR) is 52.1 cm³/mol. The third kappa shape index (κ3) is 1.41. The number of thiocarbonyl (C=S) groups is 1. The van der Waals surface area contributed by atoms with Crippen LogP contribution in [-0.2, 0) is 0 Å². The molecule has 0 bridgehead atoms. The number of nitrogens with two attached hydrogens (primary N) is 1. The molecule has 0 fully saturated rings. The summed E-state index contributed by atoms with van der Waals surface area (Å²) < 4.78 is 0. The highest BCUT2D eigenvalue weighted by Crippen LogP contribution is 2.15. The first-order chi connectivity index (χ1) is 6.27.